The summed E-state index contributed by atoms with van der Waals surface area (Å²) in [6.07, 6.45) is 3.47. The van der Waals surface area contributed by atoms with Crippen LogP contribution >= 0.6 is 27.7 Å². The van der Waals surface area contributed by atoms with Gasteiger partial charge in [-0.1, -0.05) is 13.3 Å². The zero-order valence-corrected chi connectivity index (χ0v) is 17.0. The Balaban J connectivity index is 2.31. The molecular formula is C18H22BrNO4S. The van der Waals surface area contributed by atoms with Gasteiger partial charge in [0.15, 0.2) is 11.5 Å². The number of benzene rings is 1. The maximum atomic E-state index is 12.4. The average molecular weight is 428 g/mol. The number of imide groups is 1. The molecule has 0 saturated carbocycles. The summed E-state index contributed by atoms with van der Waals surface area (Å²) in [7, 11) is 0. The Bertz CT molecular complexity index is 690. The van der Waals surface area contributed by atoms with E-state index in [2.05, 4.69) is 15.9 Å². The molecule has 25 heavy (non-hydrogen) atoms. The lowest BCUT2D eigenvalue weighted by Gasteiger charge is -2.13. The first-order valence-corrected chi connectivity index (χ1v) is 9.97. The monoisotopic (exact) mass is 427 g/mol. The Labute approximate surface area is 160 Å². The molecule has 5 nitrogen and oxygen atoms in total. The van der Waals surface area contributed by atoms with Gasteiger partial charge in [0.25, 0.3) is 11.1 Å². The van der Waals surface area contributed by atoms with Crippen molar-refractivity contribution in [2.45, 2.75) is 33.6 Å². The summed E-state index contributed by atoms with van der Waals surface area (Å²) < 4.78 is 12.0. The lowest BCUT2D eigenvalue weighted by Crippen LogP contribution is -2.29. The highest BCUT2D eigenvalue weighted by Crippen LogP contribution is 2.39. The lowest BCUT2D eigenvalue weighted by atomic mass is 10.1. The van der Waals surface area contributed by atoms with E-state index in [1.54, 1.807) is 6.08 Å². The Morgan fingerprint density at radius 3 is 2.52 bits per heavy atom. The Morgan fingerprint density at radius 2 is 1.88 bits per heavy atom. The fourth-order valence-corrected chi connectivity index (χ4v) is 3.82. The third-order valence-electron chi connectivity index (χ3n) is 3.53. The van der Waals surface area contributed by atoms with Gasteiger partial charge in [-0.3, -0.25) is 14.5 Å². The van der Waals surface area contributed by atoms with Crippen LogP contribution in [0, 0.1) is 0 Å². The zero-order chi connectivity index (χ0) is 18.4. The summed E-state index contributed by atoms with van der Waals surface area (Å²) in [6.45, 7) is 7.33. The highest BCUT2D eigenvalue weighted by Gasteiger charge is 2.34. The molecule has 136 valence electrons. The number of hydrogen-bond donors (Lipinski definition) is 0. The smallest absolute Gasteiger partial charge is 0.293 e. The number of unbranched alkanes of at least 4 members (excludes halogenated alkanes) is 1. The lowest BCUT2D eigenvalue weighted by molar-refractivity contribution is -0.122. The molecule has 1 heterocycles. The Hall–Kier alpha value is -1.47. The minimum atomic E-state index is -0.230. The molecule has 0 aromatic heterocycles. The predicted molar refractivity (Wildman–Crippen MR) is 104 cm³/mol. The summed E-state index contributed by atoms with van der Waals surface area (Å²) in [4.78, 5) is 26.2. The van der Waals surface area contributed by atoms with Crippen LogP contribution in [0.5, 0.6) is 11.5 Å². The van der Waals surface area contributed by atoms with Crippen LogP contribution in [0.3, 0.4) is 0 Å². The molecule has 0 atom stereocenters. The van der Waals surface area contributed by atoms with Crippen molar-refractivity contribution in [1.29, 1.82) is 0 Å². The molecule has 0 radical (unpaired) electrons. The van der Waals surface area contributed by atoms with Crippen molar-refractivity contribution >= 4 is 44.9 Å². The maximum absolute atomic E-state index is 12.4. The molecule has 2 amide bonds. The fourth-order valence-electron chi connectivity index (χ4n) is 2.38. The van der Waals surface area contributed by atoms with E-state index >= 15 is 0 Å². The second-order valence-corrected chi connectivity index (χ2v) is 7.23. The number of ether oxygens (including phenoxy) is 2. The van der Waals surface area contributed by atoms with Gasteiger partial charge in [-0.25, -0.2) is 0 Å². The van der Waals surface area contributed by atoms with Crippen LogP contribution in [-0.2, 0) is 4.79 Å². The van der Waals surface area contributed by atoms with E-state index in [1.807, 2.05) is 32.9 Å². The van der Waals surface area contributed by atoms with Crippen molar-refractivity contribution in [3.8, 4) is 11.5 Å². The van der Waals surface area contributed by atoms with Crippen molar-refractivity contribution in [3.05, 3.63) is 27.1 Å². The van der Waals surface area contributed by atoms with Crippen LogP contribution in [-0.4, -0.2) is 35.8 Å². The highest BCUT2D eigenvalue weighted by atomic mass is 79.9. The zero-order valence-electron chi connectivity index (χ0n) is 14.6. The van der Waals surface area contributed by atoms with E-state index in [0.717, 1.165) is 34.6 Å². The first kappa shape index (κ1) is 19.8. The van der Waals surface area contributed by atoms with E-state index in [0.29, 0.717) is 36.2 Å². The first-order chi connectivity index (χ1) is 12.0. The van der Waals surface area contributed by atoms with Gasteiger partial charge in [0.1, 0.15) is 0 Å². The second kappa shape index (κ2) is 9.29. The number of rotatable bonds is 8. The Kier molecular flexibility index (Phi) is 7.38. The minimum absolute atomic E-state index is 0.209. The third-order valence-corrected chi connectivity index (χ3v) is 5.02. The maximum Gasteiger partial charge on any atom is 0.293 e. The molecule has 1 aromatic carbocycles. The van der Waals surface area contributed by atoms with Crippen LogP contribution < -0.4 is 9.47 Å². The molecule has 1 aromatic rings. The molecule has 0 N–H and O–H groups in total. The molecule has 1 aliphatic heterocycles. The third kappa shape index (κ3) is 4.79. The molecule has 0 spiro atoms. The van der Waals surface area contributed by atoms with Crippen molar-refractivity contribution in [2.75, 3.05) is 19.8 Å². The number of thioether (sulfide) groups is 1. The molecule has 0 aliphatic carbocycles. The molecule has 0 bridgehead atoms. The van der Waals surface area contributed by atoms with Gasteiger partial charge in [-0.15, -0.1) is 0 Å². The number of carbonyl (C=O) groups is 2. The van der Waals surface area contributed by atoms with E-state index in [9.17, 15) is 9.59 Å². The molecule has 7 heteroatoms. The second-order valence-electron chi connectivity index (χ2n) is 5.38. The molecule has 1 fully saturated rings. The van der Waals surface area contributed by atoms with Crippen molar-refractivity contribution in [2.24, 2.45) is 0 Å². The van der Waals surface area contributed by atoms with Gasteiger partial charge in [0, 0.05) is 6.54 Å². The average Bonchev–Trinajstić information content (AvgIpc) is 2.83. The summed E-state index contributed by atoms with van der Waals surface area (Å²) in [5.74, 6) is 1.01. The topological polar surface area (TPSA) is 55.8 Å². The number of amides is 2. The van der Waals surface area contributed by atoms with Crippen molar-refractivity contribution < 1.29 is 19.1 Å². The molecule has 1 saturated heterocycles. The van der Waals surface area contributed by atoms with Gasteiger partial charge in [-0.2, -0.15) is 0 Å². The number of halogens is 1. The normalized spacial score (nSPS) is 16.0. The van der Waals surface area contributed by atoms with E-state index in [4.69, 9.17) is 9.47 Å². The van der Waals surface area contributed by atoms with Crippen LogP contribution in [0.1, 0.15) is 39.2 Å². The summed E-state index contributed by atoms with van der Waals surface area (Å²) in [6, 6.07) is 3.67. The van der Waals surface area contributed by atoms with Gasteiger partial charge in [0.05, 0.1) is 22.6 Å². The SMILES string of the molecule is CCCCN1C(=O)S/C(=C\c2cc(Br)c(OCC)c(OCC)c2)C1=O. The number of nitrogens with zero attached hydrogens (tertiary/aromatic N) is 1. The van der Waals surface area contributed by atoms with Gasteiger partial charge < -0.3 is 9.47 Å². The van der Waals surface area contributed by atoms with Crippen LogP contribution in [0.4, 0.5) is 4.79 Å². The van der Waals surface area contributed by atoms with Crippen LogP contribution in [0.2, 0.25) is 0 Å². The largest absolute Gasteiger partial charge is 0.490 e. The first-order valence-electron chi connectivity index (χ1n) is 8.36. The van der Waals surface area contributed by atoms with Gasteiger partial charge in [-0.05, 0) is 71.7 Å². The Morgan fingerprint density at radius 1 is 1.16 bits per heavy atom. The quantitative estimate of drug-likeness (QED) is 0.541. The van der Waals surface area contributed by atoms with E-state index in [1.165, 1.54) is 4.90 Å². The van der Waals surface area contributed by atoms with E-state index in [-0.39, 0.29) is 11.1 Å². The van der Waals surface area contributed by atoms with Gasteiger partial charge >= 0.3 is 0 Å². The fraction of sp³-hybridized carbons (Fsp3) is 0.444. The van der Waals surface area contributed by atoms with Crippen LogP contribution in [0.25, 0.3) is 6.08 Å². The van der Waals surface area contributed by atoms with Crippen LogP contribution in [0.15, 0.2) is 21.5 Å². The minimum Gasteiger partial charge on any atom is -0.490 e. The van der Waals surface area contributed by atoms with Crippen molar-refractivity contribution in [1.82, 2.24) is 4.90 Å². The molecular weight excluding hydrogens is 406 g/mol. The number of carbonyl (C=O) groups excluding carboxylic acids is 2. The standard InChI is InChI=1S/C18H22BrNO4S/c1-4-7-8-20-17(21)15(25-18(20)22)11-12-9-13(19)16(24-6-3)14(10-12)23-5-2/h9-11H,4-8H2,1-3H3/b15-11-. The summed E-state index contributed by atoms with van der Waals surface area (Å²) in [5.41, 5.74) is 0.778. The van der Waals surface area contributed by atoms with Gasteiger partial charge in [0.2, 0.25) is 0 Å². The highest BCUT2D eigenvalue weighted by molar-refractivity contribution is 9.10. The molecule has 1 aliphatic rings. The molecule has 0 unspecified atom stereocenters. The summed E-state index contributed by atoms with van der Waals surface area (Å²) in [5, 5.41) is -0.209. The van der Waals surface area contributed by atoms with E-state index < -0.39 is 0 Å². The predicted octanol–water partition coefficient (Wildman–Crippen LogP) is 5.08. The molecule has 2 rings (SSSR count). The summed E-state index contributed by atoms with van der Waals surface area (Å²) >= 11 is 4.47. The van der Waals surface area contributed by atoms with Crippen molar-refractivity contribution in [3.63, 3.8) is 0 Å². The number of hydrogen-bond acceptors (Lipinski definition) is 5.